The summed E-state index contributed by atoms with van der Waals surface area (Å²) in [5.41, 5.74) is 5.54. The molecule has 3 aromatic rings. The van der Waals surface area contributed by atoms with Gasteiger partial charge in [-0.1, -0.05) is 36.4 Å². The summed E-state index contributed by atoms with van der Waals surface area (Å²) in [7, 11) is 0. The average Bonchev–Trinajstić information content (AvgIpc) is 3.01. The number of ether oxygens (including phenoxy) is 3. The molecular weight excluding hydrogens is 546 g/mol. The monoisotopic (exact) mass is 583 g/mol. The van der Waals surface area contributed by atoms with E-state index in [0.717, 1.165) is 35.1 Å². The van der Waals surface area contributed by atoms with Crippen LogP contribution < -0.4 is 5.32 Å². The minimum Gasteiger partial charge on any atom is -0.462 e. The first-order chi connectivity index (χ1) is 20.8. The SMILES string of the molecule is CC(=O)OCc1ccc(C2C(C(=O)OCCCc3cccnc3)=C(C)NC(C)=C2C(=O)OCCCc2cccnc2)cc1. The number of nitrogens with zero attached hydrogens (tertiary/aromatic N) is 2. The van der Waals surface area contributed by atoms with Crippen LogP contribution >= 0.6 is 0 Å². The van der Waals surface area contributed by atoms with E-state index in [-0.39, 0.29) is 25.8 Å². The lowest BCUT2D eigenvalue weighted by Crippen LogP contribution is -2.32. The maximum Gasteiger partial charge on any atom is 0.336 e. The standard InChI is InChI=1S/C34H37N3O6/c1-23-30(33(39)41-18-6-10-26-8-4-16-35-20-26)32(29-14-12-28(13-15-29)22-43-25(3)38)31(24(2)37-23)34(40)42-19-7-11-27-9-5-17-36-21-27/h4-5,8-9,12-17,20-21,32,37H,6-7,10-11,18-19,22H2,1-3H3. The number of hydrogen-bond acceptors (Lipinski definition) is 9. The molecule has 4 rings (SSSR count). The Balaban J connectivity index is 1.51. The minimum atomic E-state index is -0.708. The van der Waals surface area contributed by atoms with Gasteiger partial charge in [0.2, 0.25) is 0 Å². The number of esters is 3. The van der Waals surface area contributed by atoms with Gasteiger partial charge in [-0.05, 0) is 73.9 Å². The van der Waals surface area contributed by atoms with Crippen molar-refractivity contribution < 1.29 is 28.6 Å². The zero-order valence-electron chi connectivity index (χ0n) is 24.8. The number of aromatic nitrogens is 2. The zero-order valence-corrected chi connectivity index (χ0v) is 24.8. The molecule has 9 heteroatoms. The molecule has 1 aromatic carbocycles. The first-order valence-corrected chi connectivity index (χ1v) is 14.4. The average molecular weight is 584 g/mol. The molecule has 0 saturated heterocycles. The Labute approximate surface area is 252 Å². The molecule has 1 aliphatic heterocycles. The maximum absolute atomic E-state index is 13.6. The Morgan fingerprint density at radius 2 is 1.23 bits per heavy atom. The molecule has 0 amide bonds. The fourth-order valence-electron chi connectivity index (χ4n) is 4.99. The molecule has 0 saturated carbocycles. The molecule has 0 radical (unpaired) electrons. The minimum absolute atomic E-state index is 0.128. The Kier molecular flexibility index (Phi) is 11.2. The molecule has 224 valence electrons. The van der Waals surface area contributed by atoms with Gasteiger partial charge >= 0.3 is 17.9 Å². The van der Waals surface area contributed by atoms with E-state index in [1.165, 1.54) is 6.92 Å². The predicted molar refractivity (Wildman–Crippen MR) is 160 cm³/mol. The van der Waals surface area contributed by atoms with E-state index >= 15 is 0 Å². The molecule has 0 fully saturated rings. The number of benzene rings is 1. The number of aryl methyl sites for hydroxylation is 2. The highest BCUT2D eigenvalue weighted by atomic mass is 16.5. The molecule has 0 spiro atoms. The van der Waals surface area contributed by atoms with Crippen molar-refractivity contribution in [2.45, 2.75) is 59.0 Å². The fourth-order valence-corrected chi connectivity index (χ4v) is 4.99. The van der Waals surface area contributed by atoms with E-state index in [4.69, 9.17) is 14.2 Å². The second-order valence-corrected chi connectivity index (χ2v) is 10.4. The highest BCUT2D eigenvalue weighted by molar-refractivity contribution is 5.99. The number of dihydropyridines is 1. The van der Waals surface area contributed by atoms with E-state index in [1.54, 1.807) is 38.6 Å². The van der Waals surface area contributed by atoms with Crippen LogP contribution in [0.15, 0.2) is 95.9 Å². The fraction of sp³-hybridized carbons (Fsp3) is 0.324. The van der Waals surface area contributed by atoms with Gasteiger partial charge in [0, 0.05) is 43.1 Å². The van der Waals surface area contributed by atoms with Crippen molar-refractivity contribution in [1.29, 1.82) is 0 Å². The van der Waals surface area contributed by atoms with Crippen LogP contribution in [0.2, 0.25) is 0 Å². The molecule has 3 heterocycles. The van der Waals surface area contributed by atoms with Crippen LogP contribution in [0.5, 0.6) is 0 Å². The number of carbonyl (C=O) groups excluding carboxylic acids is 3. The smallest absolute Gasteiger partial charge is 0.336 e. The van der Waals surface area contributed by atoms with Gasteiger partial charge in [0.1, 0.15) is 6.61 Å². The maximum atomic E-state index is 13.6. The highest BCUT2D eigenvalue weighted by Crippen LogP contribution is 2.39. The molecule has 0 aliphatic carbocycles. The lowest BCUT2D eigenvalue weighted by atomic mass is 9.80. The van der Waals surface area contributed by atoms with Crippen molar-refractivity contribution >= 4 is 17.9 Å². The van der Waals surface area contributed by atoms with Crippen molar-refractivity contribution in [2.24, 2.45) is 0 Å². The predicted octanol–water partition coefficient (Wildman–Crippen LogP) is 5.13. The number of allylic oxidation sites excluding steroid dienone is 2. The highest BCUT2D eigenvalue weighted by Gasteiger charge is 2.38. The lowest BCUT2D eigenvalue weighted by molar-refractivity contribution is -0.142. The van der Waals surface area contributed by atoms with Crippen LogP contribution in [0.1, 0.15) is 61.8 Å². The Hall–Kier alpha value is -4.79. The molecular formula is C34H37N3O6. The third-order valence-corrected chi connectivity index (χ3v) is 7.09. The second kappa shape index (κ2) is 15.4. The van der Waals surface area contributed by atoms with Crippen molar-refractivity contribution in [3.05, 3.63) is 118 Å². The zero-order chi connectivity index (χ0) is 30.6. The van der Waals surface area contributed by atoms with Crippen molar-refractivity contribution in [2.75, 3.05) is 13.2 Å². The molecule has 0 atom stereocenters. The van der Waals surface area contributed by atoms with Crippen LogP contribution in [0, 0.1) is 0 Å². The van der Waals surface area contributed by atoms with Crippen LogP contribution in [-0.2, 0) is 48.0 Å². The van der Waals surface area contributed by atoms with E-state index in [9.17, 15) is 14.4 Å². The molecule has 1 N–H and O–H groups in total. The normalized spacial score (nSPS) is 13.4. The first-order valence-electron chi connectivity index (χ1n) is 14.4. The van der Waals surface area contributed by atoms with Crippen molar-refractivity contribution in [3.63, 3.8) is 0 Å². The van der Waals surface area contributed by atoms with Gasteiger partial charge in [0.15, 0.2) is 0 Å². The summed E-state index contributed by atoms with van der Waals surface area (Å²) in [6.07, 6.45) is 9.74. The van der Waals surface area contributed by atoms with E-state index in [2.05, 4.69) is 15.3 Å². The van der Waals surface area contributed by atoms with Crippen LogP contribution in [-0.4, -0.2) is 41.1 Å². The van der Waals surface area contributed by atoms with Gasteiger partial charge < -0.3 is 19.5 Å². The number of nitrogens with one attached hydrogen (secondary N) is 1. The van der Waals surface area contributed by atoms with Gasteiger partial charge in [-0.25, -0.2) is 9.59 Å². The molecule has 0 unspecified atom stereocenters. The molecule has 43 heavy (non-hydrogen) atoms. The Morgan fingerprint density at radius 3 is 1.67 bits per heavy atom. The van der Waals surface area contributed by atoms with Crippen molar-refractivity contribution in [1.82, 2.24) is 15.3 Å². The molecule has 0 bridgehead atoms. The number of hydrogen-bond donors (Lipinski definition) is 1. The van der Waals surface area contributed by atoms with E-state index in [0.29, 0.717) is 35.4 Å². The summed E-state index contributed by atoms with van der Waals surface area (Å²) in [5, 5.41) is 3.20. The van der Waals surface area contributed by atoms with Crippen LogP contribution in [0.3, 0.4) is 0 Å². The van der Waals surface area contributed by atoms with Gasteiger partial charge in [-0.15, -0.1) is 0 Å². The van der Waals surface area contributed by atoms with Crippen LogP contribution in [0.4, 0.5) is 0 Å². The topological polar surface area (TPSA) is 117 Å². The second-order valence-electron chi connectivity index (χ2n) is 10.4. The first kappa shape index (κ1) is 31.2. The van der Waals surface area contributed by atoms with Gasteiger partial charge in [-0.2, -0.15) is 0 Å². The Bertz CT molecular complexity index is 1390. The summed E-state index contributed by atoms with van der Waals surface area (Å²) < 4.78 is 16.6. The van der Waals surface area contributed by atoms with Crippen LogP contribution in [0.25, 0.3) is 0 Å². The summed E-state index contributed by atoms with van der Waals surface area (Å²) >= 11 is 0. The van der Waals surface area contributed by atoms with E-state index in [1.807, 2.05) is 48.5 Å². The van der Waals surface area contributed by atoms with Gasteiger partial charge in [0.05, 0.1) is 30.3 Å². The lowest BCUT2D eigenvalue weighted by Gasteiger charge is -2.30. The largest absolute Gasteiger partial charge is 0.462 e. The number of rotatable bonds is 13. The molecule has 1 aliphatic rings. The third-order valence-electron chi connectivity index (χ3n) is 7.09. The van der Waals surface area contributed by atoms with Gasteiger partial charge in [0.25, 0.3) is 0 Å². The number of pyridine rings is 2. The third kappa shape index (κ3) is 8.85. The molecule has 2 aromatic heterocycles. The Morgan fingerprint density at radius 1 is 0.721 bits per heavy atom. The summed E-state index contributed by atoms with van der Waals surface area (Å²) in [5.74, 6) is -2.08. The quantitative estimate of drug-likeness (QED) is 0.166. The summed E-state index contributed by atoms with van der Waals surface area (Å²) in [6.45, 7) is 5.52. The molecule has 9 nitrogen and oxygen atoms in total. The number of carbonyl (C=O) groups is 3. The van der Waals surface area contributed by atoms with E-state index < -0.39 is 17.9 Å². The summed E-state index contributed by atoms with van der Waals surface area (Å²) in [6, 6.07) is 15.0. The summed E-state index contributed by atoms with van der Waals surface area (Å²) in [4.78, 5) is 46.7. The van der Waals surface area contributed by atoms with Crippen molar-refractivity contribution in [3.8, 4) is 0 Å². The van der Waals surface area contributed by atoms with Gasteiger partial charge in [-0.3, -0.25) is 14.8 Å².